The number of aromatic nitrogens is 1. The van der Waals surface area contributed by atoms with Crippen molar-refractivity contribution >= 4 is 16.8 Å². The molecule has 0 radical (unpaired) electrons. The van der Waals surface area contributed by atoms with Gasteiger partial charge in [-0.3, -0.25) is 4.79 Å². The molecule has 0 fully saturated rings. The number of H-pyrrole nitrogens is 1. The number of carbonyl (C=O) groups is 1. The van der Waals surface area contributed by atoms with E-state index in [9.17, 15) is 15.0 Å². The molecule has 1 aliphatic heterocycles. The van der Waals surface area contributed by atoms with Crippen molar-refractivity contribution in [1.29, 1.82) is 0 Å². The number of nitrogens with zero attached hydrogens (tertiary/aromatic N) is 1. The minimum absolute atomic E-state index is 0.00176. The highest BCUT2D eigenvalue weighted by Gasteiger charge is 2.34. The van der Waals surface area contributed by atoms with E-state index >= 15 is 0 Å². The van der Waals surface area contributed by atoms with Crippen LogP contribution in [0.15, 0.2) is 66.7 Å². The van der Waals surface area contributed by atoms with Crippen molar-refractivity contribution in [2.24, 2.45) is 5.73 Å². The van der Waals surface area contributed by atoms with Crippen molar-refractivity contribution in [3.8, 4) is 22.6 Å². The Morgan fingerprint density at radius 3 is 2.69 bits per heavy atom. The summed E-state index contributed by atoms with van der Waals surface area (Å²) in [6.07, 6.45) is 0.993. The number of benzene rings is 3. The SMILES string of the molecule is NCCC(=O)N1CCc2c([nH]c3ccc(-c4cccc([O-])c4)cc23)C1c1cccc(O)c1. The number of nitrogens with one attached hydrogen (secondary N) is 1. The molecule has 2 heterocycles. The van der Waals surface area contributed by atoms with Gasteiger partial charge in [0.15, 0.2) is 0 Å². The van der Waals surface area contributed by atoms with Gasteiger partial charge in [-0.1, -0.05) is 42.5 Å². The van der Waals surface area contributed by atoms with E-state index in [-0.39, 0.29) is 29.9 Å². The van der Waals surface area contributed by atoms with E-state index in [2.05, 4.69) is 11.1 Å². The third-order valence-electron chi connectivity index (χ3n) is 6.16. The minimum Gasteiger partial charge on any atom is -0.872 e. The standard InChI is InChI=1S/C26H25N3O3/c27-11-9-24(32)29-12-10-21-22-15-17(16-3-1-5-19(30)13-16)7-8-23(22)28-25(21)26(29)18-4-2-6-20(31)14-18/h1-8,13-15,26,28,30-31H,9-12,27H2/p-1. The van der Waals surface area contributed by atoms with E-state index in [1.165, 1.54) is 0 Å². The Hall–Kier alpha value is -3.77. The molecule has 6 nitrogen and oxygen atoms in total. The van der Waals surface area contributed by atoms with Crippen LogP contribution in [0.4, 0.5) is 0 Å². The van der Waals surface area contributed by atoms with Gasteiger partial charge in [0, 0.05) is 36.1 Å². The lowest BCUT2D eigenvalue weighted by Gasteiger charge is -2.36. The summed E-state index contributed by atoms with van der Waals surface area (Å²) in [6, 6.07) is 19.8. The van der Waals surface area contributed by atoms with Crippen LogP contribution in [0.3, 0.4) is 0 Å². The zero-order valence-electron chi connectivity index (χ0n) is 17.5. The summed E-state index contributed by atoms with van der Waals surface area (Å²) in [4.78, 5) is 18.3. The fourth-order valence-electron chi connectivity index (χ4n) is 4.72. The molecule has 162 valence electrons. The van der Waals surface area contributed by atoms with Gasteiger partial charge in [0.05, 0.1) is 6.04 Å². The van der Waals surface area contributed by atoms with E-state index in [1.54, 1.807) is 36.4 Å². The fourth-order valence-corrected chi connectivity index (χ4v) is 4.72. The molecule has 6 heteroatoms. The van der Waals surface area contributed by atoms with Crippen molar-refractivity contribution in [2.75, 3.05) is 13.1 Å². The second-order valence-electron chi connectivity index (χ2n) is 8.18. The van der Waals surface area contributed by atoms with Crippen molar-refractivity contribution in [3.05, 3.63) is 83.6 Å². The number of fused-ring (bicyclic) bond motifs is 3. The topological polar surface area (TPSA) is 105 Å². The number of aromatic hydroxyl groups is 1. The predicted molar refractivity (Wildman–Crippen MR) is 122 cm³/mol. The van der Waals surface area contributed by atoms with Crippen LogP contribution in [0.1, 0.15) is 29.3 Å². The number of amides is 1. The first kappa shape index (κ1) is 20.2. The number of aromatic amines is 1. The highest BCUT2D eigenvalue weighted by molar-refractivity contribution is 5.90. The van der Waals surface area contributed by atoms with Gasteiger partial charge in [-0.05, 0) is 52.9 Å². The van der Waals surface area contributed by atoms with Crippen LogP contribution in [0.2, 0.25) is 0 Å². The third-order valence-corrected chi connectivity index (χ3v) is 6.16. The first-order chi connectivity index (χ1) is 15.5. The molecule has 3 aromatic carbocycles. The molecule has 4 aromatic rings. The predicted octanol–water partition coefficient (Wildman–Crippen LogP) is 3.44. The maximum atomic E-state index is 12.9. The van der Waals surface area contributed by atoms with Crippen LogP contribution < -0.4 is 10.8 Å². The van der Waals surface area contributed by atoms with E-state index in [0.717, 1.165) is 38.9 Å². The summed E-state index contributed by atoms with van der Waals surface area (Å²) in [7, 11) is 0. The van der Waals surface area contributed by atoms with Crippen LogP contribution in [-0.2, 0) is 11.2 Å². The summed E-state index contributed by atoms with van der Waals surface area (Å²) in [5.41, 5.74) is 11.5. The molecular weight excluding hydrogens is 402 g/mol. The summed E-state index contributed by atoms with van der Waals surface area (Å²) in [6.45, 7) is 0.864. The zero-order chi connectivity index (χ0) is 22.2. The fraction of sp³-hybridized carbons (Fsp3) is 0.192. The largest absolute Gasteiger partial charge is 0.872 e. The Balaban J connectivity index is 1.65. The third kappa shape index (κ3) is 3.48. The number of phenols is 1. The Bertz CT molecular complexity index is 1310. The molecular formula is C26H24N3O3-. The summed E-state index contributed by atoms with van der Waals surface area (Å²) in [5.74, 6) is 0.145. The highest BCUT2D eigenvalue weighted by Crippen LogP contribution is 2.40. The molecule has 0 saturated heterocycles. The quantitative estimate of drug-likeness (QED) is 0.465. The van der Waals surface area contributed by atoms with Crippen molar-refractivity contribution in [2.45, 2.75) is 18.9 Å². The number of hydrogen-bond donors (Lipinski definition) is 3. The molecule has 1 unspecified atom stereocenters. The number of nitrogens with two attached hydrogens (primary N) is 1. The van der Waals surface area contributed by atoms with Crippen molar-refractivity contribution in [3.63, 3.8) is 0 Å². The molecule has 1 atom stereocenters. The maximum Gasteiger partial charge on any atom is 0.224 e. The van der Waals surface area contributed by atoms with Gasteiger partial charge in [0.2, 0.25) is 5.91 Å². The molecule has 32 heavy (non-hydrogen) atoms. The van der Waals surface area contributed by atoms with E-state index in [1.807, 2.05) is 29.2 Å². The number of phenolic OH excluding ortho intramolecular Hbond substituents is 1. The molecule has 0 spiro atoms. The van der Waals surface area contributed by atoms with Gasteiger partial charge in [-0.25, -0.2) is 0 Å². The van der Waals surface area contributed by atoms with Gasteiger partial charge in [0.25, 0.3) is 0 Å². The van der Waals surface area contributed by atoms with Gasteiger partial charge in [0.1, 0.15) is 5.75 Å². The van der Waals surface area contributed by atoms with Gasteiger partial charge >= 0.3 is 0 Å². The van der Waals surface area contributed by atoms with Crippen molar-refractivity contribution < 1.29 is 15.0 Å². The van der Waals surface area contributed by atoms with Crippen LogP contribution in [0, 0.1) is 0 Å². The molecule has 0 saturated carbocycles. The highest BCUT2D eigenvalue weighted by atomic mass is 16.3. The van der Waals surface area contributed by atoms with E-state index in [0.29, 0.717) is 19.5 Å². The van der Waals surface area contributed by atoms with Crippen LogP contribution >= 0.6 is 0 Å². The van der Waals surface area contributed by atoms with Crippen LogP contribution in [0.25, 0.3) is 22.0 Å². The summed E-state index contributed by atoms with van der Waals surface area (Å²) >= 11 is 0. The number of rotatable bonds is 4. The number of hydrogen-bond acceptors (Lipinski definition) is 4. The van der Waals surface area contributed by atoms with E-state index < -0.39 is 0 Å². The summed E-state index contributed by atoms with van der Waals surface area (Å²) in [5, 5.41) is 23.0. The Kier molecular flexibility index (Phi) is 5.07. The lowest BCUT2D eigenvalue weighted by molar-refractivity contribution is -0.268. The minimum atomic E-state index is -0.328. The second kappa shape index (κ2) is 8.05. The van der Waals surface area contributed by atoms with Crippen molar-refractivity contribution in [1.82, 2.24) is 9.88 Å². The zero-order valence-corrected chi connectivity index (χ0v) is 17.5. The first-order valence-electron chi connectivity index (χ1n) is 10.8. The normalized spacial score (nSPS) is 15.7. The Labute approximate surface area is 185 Å². The average Bonchev–Trinajstić information content (AvgIpc) is 3.16. The van der Waals surface area contributed by atoms with Gasteiger partial charge in [-0.2, -0.15) is 0 Å². The molecule has 1 aliphatic rings. The van der Waals surface area contributed by atoms with E-state index in [4.69, 9.17) is 5.73 Å². The first-order valence-corrected chi connectivity index (χ1v) is 10.8. The second-order valence-corrected chi connectivity index (χ2v) is 8.18. The molecule has 1 amide bonds. The summed E-state index contributed by atoms with van der Waals surface area (Å²) < 4.78 is 0. The molecule has 0 aliphatic carbocycles. The lowest BCUT2D eigenvalue weighted by Crippen LogP contribution is -2.41. The van der Waals surface area contributed by atoms with Crippen LogP contribution in [0.5, 0.6) is 11.5 Å². The Morgan fingerprint density at radius 1 is 1.09 bits per heavy atom. The molecule has 4 N–H and O–H groups in total. The molecule has 0 bridgehead atoms. The number of carbonyl (C=O) groups excluding carboxylic acids is 1. The smallest absolute Gasteiger partial charge is 0.224 e. The van der Waals surface area contributed by atoms with Crippen LogP contribution in [-0.4, -0.2) is 34.0 Å². The lowest BCUT2D eigenvalue weighted by atomic mass is 9.91. The van der Waals surface area contributed by atoms with Gasteiger partial charge in [-0.15, -0.1) is 5.75 Å². The molecule has 5 rings (SSSR count). The maximum absolute atomic E-state index is 12.9. The molecule has 1 aromatic heterocycles. The Morgan fingerprint density at radius 2 is 1.91 bits per heavy atom. The average molecular weight is 426 g/mol. The monoisotopic (exact) mass is 426 g/mol. The van der Waals surface area contributed by atoms with Gasteiger partial charge < -0.3 is 25.8 Å².